The molecule has 0 aliphatic heterocycles. The normalized spacial score (nSPS) is 10.2. The Morgan fingerprint density at radius 3 is 2.89 bits per heavy atom. The predicted molar refractivity (Wildman–Crippen MR) is 70.0 cm³/mol. The Morgan fingerprint density at radius 1 is 1.33 bits per heavy atom. The maximum atomic E-state index is 13.5. The van der Waals surface area contributed by atoms with Crippen LogP contribution in [0.5, 0.6) is 0 Å². The average Bonchev–Trinajstić information content (AvgIpc) is 2.38. The fourth-order valence-corrected chi connectivity index (χ4v) is 1.62. The Morgan fingerprint density at radius 2 is 2.17 bits per heavy atom. The van der Waals surface area contributed by atoms with Crippen LogP contribution in [-0.4, -0.2) is 17.0 Å². The van der Waals surface area contributed by atoms with E-state index >= 15 is 0 Å². The highest BCUT2D eigenvalue weighted by Gasteiger charge is 2.05. The molecular weight excluding hydrogens is 231 g/mol. The smallest absolute Gasteiger partial charge is 0.224 e. The van der Waals surface area contributed by atoms with Gasteiger partial charge in [0.25, 0.3) is 0 Å². The number of hydrogen-bond donors (Lipinski definition) is 2. The van der Waals surface area contributed by atoms with E-state index in [0.717, 1.165) is 11.8 Å². The molecule has 0 unspecified atom stereocenters. The second-order valence-corrected chi connectivity index (χ2v) is 3.98. The first-order valence-electron chi connectivity index (χ1n) is 5.69. The zero-order valence-corrected chi connectivity index (χ0v) is 10.4. The molecule has 0 amide bonds. The molecule has 2 rings (SSSR count). The molecule has 0 aliphatic rings. The molecule has 4 nitrogen and oxygen atoms in total. The van der Waals surface area contributed by atoms with Crippen LogP contribution >= 0.6 is 0 Å². The van der Waals surface area contributed by atoms with E-state index in [0.29, 0.717) is 12.5 Å². The molecule has 0 aliphatic carbocycles. The molecule has 2 N–H and O–H groups in total. The van der Waals surface area contributed by atoms with Gasteiger partial charge in [0.15, 0.2) is 11.6 Å². The fourth-order valence-electron chi connectivity index (χ4n) is 1.62. The summed E-state index contributed by atoms with van der Waals surface area (Å²) >= 11 is 0. The molecule has 5 heteroatoms. The Bertz CT molecular complexity index is 542. The number of aromatic nitrogens is 2. The molecule has 1 aromatic heterocycles. The third-order valence-corrected chi connectivity index (χ3v) is 2.51. The van der Waals surface area contributed by atoms with E-state index in [-0.39, 0.29) is 5.82 Å². The molecule has 0 fully saturated rings. The number of rotatable bonds is 4. The number of nitrogens with one attached hydrogen (secondary N) is 2. The number of benzene rings is 1. The summed E-state index contributed by atoms with van der Waals surface area (Å²) in [6, 6.07) is 8.03. The van der Waals surface area contributed by atoms with Gasteiger partial charge in [0.05, 0.1) is 6.20 Å². The molecular formula is C13H15FN4. The van der Waals surface area contributed by atoms with Crippen molar-refractivity contribution in [2.24, 2.45) is 0 Å². The van der Waals surface area contributed by atoms with Crippen LogP contribution in [0, 0.1) is 12.7 Å². The summed E-state index contributed by atoms with van der Waals surface area (Å²) in [5.41, 5.74) is 2.26. The van der Waals surface area contributed by atoms with Crippen molar-refractivity contribution in [3.63, 3.8) is 0 Å². The van der Waals surface area contributed by atoms with Gasteiger partial charge in [-0.3, -0.25) is 0 Å². The quantitative estimate of drug-likeness (QED) is 0.870. The van der Waals surface area contributed by atoms with Gasteiger partial charge < -0.3 is 10.6 Å². The number of aryl methyl sites for hydroxylation is 1. The van der Waals surface area contributed by atoms with Crippen LogP contribution in [0.15, 0.2) is 30.5 Å². The third-order valence-electron chi connectivity index (χ3n) is 2.51. The lowest BCUT2D eigenvalue weighted by molar-refractivity contribution is 0.617. The van der Waals surface area contributed by atoms with E-state index < -0.39 is 5.82 Å². The van der Waals surface area contributed by atoms with Crippen molar-refractivity contribution in [2.45, 2.75) is 13.5 Å². The summed E-state index contributed by atoms with van der Waals surface area (Å²) in [5.74, 6) is 0.139. The van der Waals surface area contributed by atoms with Crippen molar-refractivity contribution in [2.75, 3.05) is 17.7 Å². The maximum Gasteiger partial charge on any atom is 0.224 e. The predicted octanol–water partition coefficient (Wildman–Crippen LogP) is 2.58. The van der Waals surface area contributed by atoms with Crippen molar-refractivity contribution >= 4 is 11.8 Å². The van der Waals surface area contributed by atoms with Gasteiger partial charge in [0.2, 0.25) is 5.95 Å². The Hall–Kier alpha value is -2.17. The van der Waals surface area contributed by atoms with E-state index in [1.807, 2.05) is 31.2 Å². The monoisotopic (exact) mass is 246 g/mol. The van der Waals surface area contributed by atoms with Crippen LogP contribution < -0.4 is 10.6 Å². The zero-order chi connectivity index (χ0) is 13.0. The van der Waals surface area contributed by atoms with Gasteiger partial charge in [-0.2, -0.15) is 4.98 Å². The lowest BCUT2D eigenvalue weighted by atomic mass is 10.1. The third kappa shape index (κ3) is 2.94. The zero-order valence-electron chi connectivity index (χ0n) is 10.4. The molecule has 0 saturated heterocycles. The lowest BCUT2D eigenvalue weighted by Gasteiger charge is -2.08. The topological polar surface area (TPSA) is 49.8 Å². The van der Waals surface area contributed by atoms with Gasteiger partial charge in [-0.05, 0) is 12.5 Å². The van der Waals surface area contributed by atoms with Crippen LogP contribution in [0.2, 0.25) is 0 Å². The van der Waals surface area contributed by atoms with Crippen molar-refractivity contribution < 1.29 is 4.39 Å². The molecule has 0 radical (unpaired) electrons. The molecule has 18 heavy (non-hydrogen) atoms. The van der Waals surface area contributed by atoms with Gasteiger partial charge in [-0.1, -0.05) is 29.8 Å². The number of hydrogen-bond acceptors (Lipinski definition) is 4. The maximum absolute atomic E-state index is 13.5. The second-order valence-electron chi connectivity index (χ2n) is 3.98. The van der Waals surface area contributed by atoms with Crippen molar-refractivity contribution in [3.8, 4) is 0 Å². The lowest BCUT2D eigenvalue weighted by Crippen LogP contribution is -2.06. The van der Waals surface area contributed by atoms with Gasteiger partial charge in [0.1, 0.15) is 0 Å². The van der Waals surface area contributed by atoms with E-state index in [2.05, 4.69) is 20.6 Å². The van der Waals surface area contributed by atoms with Gasteiger partial charge in [-0.15, -0.1) is 0 Å². The molecule has 2 aromatic rings. The molecule has 1 aromatic carbocycles. The van der Waals surface area contributed by atoms with Crippen LogP contribution in [0.25, 0.3) is 0 Å². The van der Waals surface area contributed by atoms with Gasteiger partial charge in [-0.25, -0.2) is 9.37 Å². The Kier molecular flexibility index (Phi) is 3.72. The summed E-state index contributed by atoms with van der Waals surface area (Å²) in [7, 11) is 1.69. The molecule has 0 atom stereocenters. The SMILES string of the molecule is CNc1ncc(F)c(NCc2cccc(C)c2)n1. The van der Waals surface area contributed by atoms with Gasteiger partial charge >= 0.3 is 0 Å². The number of nitrogens with zero attached hydrogens (tertiary/aromatic N) is 2. The first-order chi connectivity index (χ1) is 8.69. The average molecular weight is 246 g/mol. The summed E-state index contributed by atoms with van der Waals surface area (Å²) in [6.45, 7) is 2.55. The summed E-state index contributed by atoms with van der Waals surface area (Å²) in [6.07, 6.45) is 1.15. The first-order valence-corrected chi connectivity index (χ1v) is 5.69. The van der Waals surface area contributed by atoms with Gasteiger partial charge in [0, 0.05) is 13.6 Å². The number of halogens is 1. The van der Waals surface area contributed by atoms with Crippen molar-refractivity contribution in [3.05, 3.63) is 47.4 Å². The van der Waals surface area contributed by atoms with E-state index in [4.69, 9.17) is 0 Å². The molecule has 0 bridgehead atoms. The van der Waals surface area contributed by atoms with Crippen molar-refractivity contribution in [1.29, 1.82) is 0 Å². The van der Waals surface area contributed by atoms with Crippen LogP contribution in [0.1, 0.15) is 11.1 Å². The minimum absolute atomic E-state index is 0.204. The molecule has 1 heterocycles. The van der Waals surface area contributed by atoms with Crippen LogP contribution in [0.3, 0.4) is 0 Å². The molecule has 0 saturated carbocycles. The Balaban J connectivity index is 2.10. The molecule has 94 valence electrons. The minimum Gasteiger partial charge on any atom is -0.363 e. The minimum atomic E-state index is -0.457. The number of anilines is 2. The van der Waals surface area contributed by atoms with Crippen molar-refractivity contribution in [1.82, 2.24) is 9.97 Å². The summed E-state index contributed by atoms with van der Waals surface area (Å²) < 4.78 is 13.5. The fraction of sp³-hybridized carbons (Fsp3) is 0.231. The van der Waals surface area contributed by atoms with Crippen LogP contribution in [0.4, 0.5) is 16.2 Å². The highest BCUT2D eigenvalue weighted by atomic mass is 19.1. The highest BCUT2D eigenvalue weighted by molar-refractivity contribution is 5.41. The standard InChI is InChI=1S/C13H15FN4/c1-9-4-3-5-10(6-9)7-16-12-11(14)8-17-13(15-2)18-12/h3-6,8H,7H2,1-2H3,(H2,15,16,17,18). The second kappa shape index (κ2) is 5.44. The highest BCUT2D eigenvalue weighted by Crippen LogP contribution is 2.13. The van der Waals surface area contributed by atoms with E-state index in [1.165, 1.54) is 5.56 Å². The summed E-state index contributed by atoms with van der Waals surface area (Å²) in [4.78, 5) is 7.81. The Labute approximate surface area is 105 Å². The molecule has 0 spiro atoms. The largest absolute Gasteiger partial charge is 0.363 e. The van der Waals surface area contributed by atoms with E-state index in [1.54, 1.807) is 7.05 Å². The summed E-state index contributed by atoms with van der Waals surface area (Å²) in [5, 5.41) is 5.74. The van der Waals surface area contributed by atoms with Crippen LogP contribution in [-0.2, 0) is 6.54 Å². The van der Waals surface area contributed by atoms with E-state index in [9.17, 15) is 4.39 Å². The first kappa shape index (κ1) is 12.3.